The molecule has 0 spiro atoms. The van der Waals surface area contributed by atoms with E-state index in [0.717, 1.165) is 10.4 Å². The monoisotopic (exact) mass is 382 g/mol. The van der Waals surface area contributed by atoms with Crippen LogP contribution in [-0.2, 0) is 16.1 Å². The quantitative estimate of drug-likeness (QED) is 0.573. The Morgan fingerprint density at radius 3 is 2.36 bits per heavy atom. The fourth-order valence-corrected chi connectivity index (χ4v) is 2.18. The summed E-state index contributed by atoms with van der Waals surface area (Å²) in [5.41, 5.74) is 5.31. The van der Waals surface area contributed by atoms with Crippen LogP contribution in [0.5, 0.6) is 11.5 Å². The predicted octanol–water partition coefficient (Wildman–Crippen LogP) is 0.575. The molecule has 0 fully saturated rings. The molecule has 0 radical (unpaired) electrons. The zero-order valence-corrected chi connectivity index (χ0v) is 15.0. The molecule has 0 atom stereocenters. The van der Waals surface area contributed by atoms with Crippen molar-refractivity contribution in [1.29, 1.82) is 0 Å². The van der Waals surface area contributed by atoms with Gasteiger partial charge in [-0.05, 0) is 29.5 Å². The SMILES string of the molecule is COc1ccc(OCC(=O)NNC(=O)Cn2nnc(-c3ccccc3)n2)cc1. The molecule has 28 heavy (non-hydrogen) atoms. The Hall–Kier alpha value is -3.95. The van der Waals surface area contributed by atoms with Crippen LogP contribution in [0.15, 0.2) is 54.6 Å². The Morgan fingerprint density at radius 1 is 0.964 bits per heavy atom. The standard InChI is InChI=1S/C18H18N6O4/c1-27-14-7-9-15(10-8-14)28-12-17(26)20-19-16(25)11-24-22-18(21-23-24)13-5-3-2-4-6-13/h2-10H,11-12H2,1H3,(H,19,25)(H,20,26). The lowest BCUT2D eigenvalue weighted by molar-refractivity contribution is -0.130. The van der Waals surface area contributed by atoms with E-state index < -0.39 is 11.8 Å². The van der Waals surface area contributed by atoms with Crippen molar-refractivity contribution in [2.24, 2.45) is 0 Å². The van der Waals surface area contributed by atoms with Crippen molar-refractivity contribution >= 4 is 11.8 Å². The second-order valence-electron chi connectivity index (χ2n) is 5.57. The van der Waals surface area contributed by atoms with Crippen LogP contribution < -0.4 is 20.3 Å². The summed E-state index contributed by atoms with van der Waals surface area (Å²) in [7, 11) is 1.56. The fraction of sp³-hybridized carbons (Fsp3) is 0.167. The maximum absolute atomic E-state index is 11.9. The van der Waals surface area contributed by atoms with E-state index in [0.29, 0.717) is 17.3 Å². The molecule has 1 heterocycles. The Kier molecular flexibility index (Phi) is 6.13. The highest BCUT2D eigenvalue weighted by atomic mass is 16.5. The van der Waals surface area contributed by atoms with Crippen LogP contribution in [0.1, 0.15) is 0 Å². The van der Waals surface area contributed by atoms with E-state index in [4.69, 9.17) is 9.47 Å². The largest absolute Gasteiger partial charge is 0.497 e. The van der Waals surface area contributed by atoms with Gasteiger partial charge in [-0.25, -0.2) is 0 Å². The molecule has 3 aromatic rings. The molecule has 3 rings (SSSR count). The van der Waals surface area contributed by atoms with Crippen molar-refractivity contribution in [2.45, 2.75) is 6.54 Å². The molecule has 2 amide bonds. The third-order valence-corrected chi connectivity index (χ3v) is 3.54. The first-order valence-corrected chi connectivity index (χ1v) is 8.32. The number of carbonyl (C=O) groups excluding carboxylic acids is 2. The molecule has 144 valence electrons. The molecule has 10 nitrogen and oxygen atoms in total. The molecule has 0 saturated carbocycles. The number of ether oxygens (including phenoxy) is 2. The fourth-order valence-electron chi connectivity index (χ4n) is 2.18. The van der Waals surface area contributed by atoms with E-state index >= 15 is 0 Å². The normalized spacial score (nSPS) is 10.2. The molecule has 10 heteroatoms. The lowest BCUT2D eigenvalue weighted by Crippen LogP contribution is -2.45. The van der Waals surface area contributed by atoms with Crippen molar-refractivity contribution in [2.75, 3.05) is 13.7 Å². The lowest BCUT2D eigenvalue weighted by atomic mass is 10.2. The van der Waals surface area contributed by atoms with E-state index in [1.165, 1.54) is 0 Å². The van der Waals surface area contributed by atoms with Crippen LogP contribution >= 0.6 is 0 Å². The topological polar surface area (TPSA) is 120 Å². The highest BCUT2D eigenvalue weighted by molar-refractivity contribution is 5.82. The zero-order chi connectivity index (χ0) is 19.8. The first-order chi connectivity index (χ1) is 13.6. The molecule has 0 aliphatic heterocycles. The number of rotatable bonds is 7. The number of hydrogen-bond donors (Lipinski definition) is 2. The minimum atomic E-state index is -0.513. The molecule has 0 bridgehead atoms. The Balaban J connectivity index is 1.41. The van der Waals surface area contributed by atoms with Crippen LogP contribution in [0.2, 0.25) is 0 Å². The highest BCUT2D eigenvalue weighted by Crippen LogP contribution is 2.16. The van der Waals surface area contributed by atoms with Crippen LogP contribution in [0.4, 0.5) is 0 Å². The van der Waals surface area contributed by atoms with E-state index in [1.807, 2.05) is 30.3 Å². The van der Waals surface area contributed by atoms with E-state index in [1.54, 1.807) is 31.4 Å². The molecule has 0 aliphatic rings. The smallest absolute Gasteiger partial charge is 0.276 e. The van der Waals surface area contributed by atoms with Crippen molar-refractivity contribution in [3.63, 3.8) is 0 Å². The highest BCUT2D eigenvalue weighted by Gasteiger charge is 2.10. The maximum Gasteiger partial charge on any atom is 0.276 e. The van der Waals surface area contributed by atoms with Gasteiger partial charge in [0.25, 0.3) is 11.8 Å². The average Bonchev–Trinajstić information content (AvgIpc) is 3.20. The lowest BCUT2D eigenvalue weighted by Gasteiger charge is -2.09. The van der Waals surface area contributed by atoms with Crippen LogP contribution in [0.25, 0.3) is 11.4 Å². The Morgan fingerprint density at radius 2 is 1.64 bits per heavy atom. The van der Waals surface area contributed by atoms with Gasteiger partial charge in [0.2, 0.25) is 5.82 Å². The summed E-state index contributed by atoms with van der Waals surface area (Å²) < 4.78 is 10.3. The van der Waals surface area contributed by atoms with Crippen LogP contribution in [0.3, 0.4) is 0 Å². The van der Waals surface area contributed by atoms with Crippen LogP contribution in [0, 0.1) is 0 Å². The first kappa shape index (κ1) is 18.8. The Bertz CT molecular complexity index is 927. The number of hydrazine groups is 1. The summed E-state index contributed by atoms with van der Waals surface area (Å²) in [6, 6.07) is 16.0. The Labute approximate surface area is 160 Å². The number of carbonyl (C=O) groups is 2. The third kappa shape index (κ3) is 5.27. The minimum absolute atomic E-state index is 0.195. The number of benzene rings is 2. The average molecular weight is 382 g/mol. The molecule has 1 aromatic heterocycles. The zero-order valence-electron chi connectivity index (χ0n) is 15.0. The van der Waals surface area contributed by atoms with Gasteiger partial charge in [0.15, 0.2) is 6.61 Å². The minimum Gasteiger partial charge on any atom is -0.497 e. The number of nitrogens with zero attached hydrogens (tertiary/aromatic N) is 4. The van der Waals surface area contributed by atoms with E-state index in [9.17, 15) is 9.59 Å². The molecule has 0 unspecified atom stereocenters. The van der Waals surface area contributed by atoms with Gasteiger partial charge in [0.1, 0.15) is 18.0 Å². The van der Waals surface area contributed by atoms with Crippen molar-refractivity contribution in [3.8, 4) is 22.9 Å². The summed E-state index contributed by atoms with van der Waals surface area (Å²) in [6.45, 7) is -0.453. The van der Waals surface area contributed by atoms with E-state index in [-0.39, 0.29) is 13.2 Å². The number of methoxy groups -OCH3 is 1. The predicted molar refractivity (Wildman–Crippen MR) is 98.0 cm³/mol. The molecule has 0 saturated heterocycles. The second kappa shape index (κ2) is 9.12. The number of aromatic nitrogens is 4. The van der Waals surface area contributed by atoms with Gasteiger partial charge in [0.05, 0.1) is 7.11 Å². The van der Waals surface area contributed by atoms with E-state index in [2.05, 4.69) is 26.3 Å². The first-order valence-electron chi connectivity index (χ1n) is 8.32. The summed E-state index contributed by atoms with van der Waals surface area (Å²) in [4.78, 5) is 24.8. The van der Waals surface area contributed by atoms with Gasteiger partial charge >= 0.3 is 0 Å². The van der Waals surface area contributed by atoms with Gasteiger partial charge in [0, 0.05) is 5.56 Å². The van der Waals surface area contributed by atoms with Gasteiger partial charge in [-0.2, -0.15) is 4.80 Å². The number of nitrogens with one attached hydrogen (secondary N) is 2. The van der Waals surface area contributed by atoms with Gasteiger partial charge < -0.3 is 9.47 Å². The molecule has 0 aliphatic carbocycles. The van der Waals surface area contributed by atoms with Gasteiger partial charge in [-0.3, -0.25) is 20.4 Å². The van der Waals surface area contributed by atoms with Crippen molar-refractivity contribution in [1.82, 2.24) is 31.1 Å². The van der Waals surface area contributed by atoms with Crippen molar-refractivity contribution in [3.05, 3.63) is 54.6 Å². The molecule has 2 N–H and O–H groups in total. The maximum atomic E-state index is 11.9. The number of hydrogen-bond acceptors (Lipinski definition) is 7. The van der Waals surface area contributed by atoms with Gasteiger partial charge in [-0.1, -0.05) is 30.3 Å². The molecular weight excluding hydrogens is 364 g/mol. The summed E-state index contributed by atoms with van der Waals surface area (Å²) in [6.07, 6.45) is 0. The van der Waals surface area contributed by atoms with Crippen molar-refractivity contribution < 1.29 is 19.1 Å². The number of tetrazole rings is 1. The molecule has 2 aromatic carbocycles. The summed E-state index contributed by atoms with van der Waals surface area (Å²) in [5, 5.41) is 11.8. The van der Waals surface area contributed by atoms with Crippen LogP contribution in [-0.4, -0.2) is 45.7 Å². The summed E-state index contributed by atoms with van der Waals surface area (Å²) >= 11 is 0. The molecular formula is C18H18N6O4. The van der Waals surface area contributed by atoms with Gasteiger partial charge in [-0.15, -0.1) is 10.2 Å². The summed E-state index contributed by atoms with van der Waals surface area (Å²) in [5.74, 6) is 0.574. The second-order valence-corrected chi connectivity index (χ2v) is 5.57. The number of amides is 2. The third-order valence-electron chi connectivity index (χ3n) is 3.54.